The smallest absolute Gasteiger partial charge is 0.243 e. The number of hydrogen-bond donors (Lipinski definition) is 0. The highest BCUT2D eigenvalue weighted by atomic mass is 32.2. The normalized spacial score (nSPS) is 19.9. The van der Waals surface area contributed by atoms with Gasteiger partial charge in [-0.25, -0.2) is 8.42 Å². The Morgan fingerprint density at radius 3 is 2.71 bits per heavy atom. The molecule has 2 aliphatic heterocycles. The molecular formula is C21H24N2O4S. The maximum absolute atomic E-state index is 13.4. The number of carbonyl (C=O) groups excluding carboxylic acids is 1. The summed E-state index contributed by atoms with van der Waals surface area (Å²) in [4.78, 5) is 13.7. The van der Waals surface area contributed by atoms with Crippen LogP contribution in [0.25, 0.3) is 0 Å². The van der Waals surface area contributed by atoms with Gasteiger partial charge in [0.05, 0.1) is 23.2 Å². The van der Waals surface area contributed by atoms with Crippen molar-refractivity contribution in [2.75, 3.05) is 24.6 Å². The zero-order chi connectivity index (χ0) is 19.9. The van der Waals surface area contributed by atoms with Gasteiger partial charge in [-0.2, -0.15) is 4.31 Å². The number of anilines is 1. The molecule has 148 valence electrons. The van der Waals surface area contributed by atoms with Gasteiger partial charge in [-0.15, -0.1) is 0 Å². The van der Waals surface area contributed by atoms with Crippen molar-refractivity contribution in [2.45, 2.75) is 37.6 Å². The summed E-state index contributed by atoms with van der Waals surface area (Å²) in [5.74, 6) is 0.412. The lowest BCUT2D eigenvalue weighted by Crippen LogP contribution is -2.37. The second-order valence-corrected chi connectivity index (χ2v) is 9.23. The number of fused-ring (bicyclic) bond motifs is 1. The molecule has 1 amide bonds. The standard InChI is InChI=1S/C21H24N2O4S/c1-15-5-3-6-17(13-15)19-7-4-10-23(19)28(25,26)18-8-9-21-20(14-18)22(16(2)24)11-12-27-21/h3,5-6,8-9,13-14,19H,4,7,10-12H2,1-2H3/t19-/m0/s1. The molecule has 6 nitrogen and oxygen atoms in total. The minimum Gasteiger partial charge on any atom is -0.490 e. The number of carbonyl (C=O) groups is 1. The van der Waals surface area contributed by atoms with E-state index in [1.807, 2.05) is 25.1 Å². The van der Waals surface area contributed by atoms with Crippen LogP contribution in [0.1, 0.15) is 36.9 Å². The van der Waals surface area contributed by atoms with E-state index in [9.17, 15) is 13.2 Å². The van der Waals surface area contributed by atoms with Crippen LogP contribution in [-0.4, -0.2) is 38.3 Å². The number of rotatable bonds is 3. The van der Waals surface area contributed by atoms with Crippen molar-refractivity contribution in [3.63, 3.8) is 0 Å². The van der Waals surface area contributed by atoms with Gasteiger partial charge < -0.3 is 9.64 Å². The quantitative estimate of drug-likeness (QED) is 0.793. The van der Waals surface area contributed by atoms with Crippen LogP contribution >= 0.6 is 0 Å². The highest BCUT2D eigenvalue weighted by Crippen LogP contribution is 2.39. The van der Waals surface area contributed by atoms with Crippen LogP contribution in [0.3, 0.4) is 0 Å². The number of amides is 1. The van der Waals surface area contributed by atoms with Gasteiger partial charge in [-0.1, -0.05) is 29.8 Å². The zero-order valence-electron chi connectivity index (χ0n) is 16.1. The highest BCUT2D eigenvalue weighted by Gasteiger charge is 2.37. The Bertz CT molecular complexity index is 1020. The van der Waals surface area contributed by atoms with Crippen molar-refractivity contribution >= 4 is 21.6 Å². The van der Waals surface area contributed by atoms with Gasteiger partial charge in [0.25, 0.3) is 0 Å². The second kappa shape index (κ2) is 7.22. The minimum absolute atomic E-state index is 0.127. The number of sulfonamides is 1. The zero-order valence-corrected chi connectivity index (χ0v) is 16.9. The minimum atomic E-state index is -3.69. The molecule has 1 atom stereocenters. The van der Waals surface area contributed by atoms with E-state index < -0.39 is 10.0 Å². The molecule has 1 fully saturated rings. The van der Waals surface area contributed by atoms with Crippen molar-refractivity contribution in [1.29, 1.82) is 0 Å². The molecular weight excluding hydrogens is 376 g/mol. The third-order valence-corrected chi connectivity index (χ3v) is 7.32. The molecule has 7 heteroatoms. The first-order chi connectivity index (χ1) is 13.4. The van der Waals surface area contributed by atoms with Gasteiger partial charge in [-0.05, 0) is 43.5 Å². The third-order valence-electron chi connectivity index (χ3n) is 5.41. The summed E-state index contributed by atoms with van der Waals surface area (Å²) in [7, 11) is -3.69. The molecule has 0 spiro atoms. The number of ether oxygens (including phenoxy) is 1. The van der Waals surface area contributed by atoms with Crippen molar-refractivity contribution in [3.8, 4) is 5.75 Å². The average molecular weight is 401 g/mol. The fraction of sp³-hybridized carbons (Fsp3) is 0.381. The van der Waals surface area contributed by atoms with E-state index in [-0.39, 0.29) is 16.8 Å². The third kappa shape index (κ3) is 3.29. The van der Waals surface area contributed by atoms with E-state index in [1.165, 1.54) is 6.92 Å². The Morgan fingerprint density at radius 2 is 1.96 bits per heavy atom. The molecule has 2 aromatic rings. The van der Waals surface area contributed by atoms with Gasteiger partial charge in [0.2, 0.25) is 15.9 Å². The predicted molar refractivity (Wildman–Crippen MR) is 107 cm³/mol. The van der Waals surface area contributed by atoms with E-state index in [0.29, 0.717) is 31.1 Å². The maximum atomic E-state index is 13.4. The van der Waals surface area contributed by atoms with Crippen molar-refractivity contribution in [2.24, 2.45) is 0 Å². The van der Waals surface area contributed by atoms with Crippen LogP contribution in [0.4, 0.5) is 5.69 Å². The summed E-state index contributed by atoms with van der Waals surface area (Å²) in [5.41, 5.74) is 2.66. The molecule has 0 N–H and O–H groups in total. The average Bonchev–Trinajstić information content (AvgIpc) is 3.17. The van der Waals surface area contributed by atoms with Crippen LogP contribution in [0, 0.1) is 6.92 Å². The molecule has 0 unspecified atom stereocenters. The lowest BCUT2D eigenvalue weighted by Gasteiger charge is -2.30. The molecule has 0 aliphatic carbocycles. The number of hydrogen-bond acceptors (Lipinski definition) is 4. The van der Waals surface area contributed by atoms with E-state index in [2.05, 4.69) is 6.07 Å². The first-order valence-electron chi connectivity index (χ1n) is 9.51. The van der Waals surface area contributed by atoms with Gasteiger partial charge >= 0.3 is 0 Å². The van der Waals surface area contributed by atoms with E-state index in [1.54, 1.807) is 27.4 Å². The molecule has 0 radical (unpaired) electrons. The molecule has 2 aromatic carbocycles. The van der Waals surface area contributed by atoms with Gasteiger partial charge in [0.1, 0.15) is 12.4 Å². The Morgan fingerprint density at radius 1 is 1.14 bits per heavy atom. The monoisotopic (exact) mass is 400 g/mol. The fourth-order valence-corrected chi connectivity index (χ4v) is 5.76. The van der Waals surface area contributed by atoms with Gasteiger partial charge in [0, 0.05) is 13.5 Å². The summed E-state index contributed by atoms with van der Waals surface area (Å²) in [6, 6.07) is 12.6. The Balaban J connectivity index is 1.72. The van der Waals surface area contributed by atoms with Crippen LogP contribution in [0.2, 0.25) is 0 Å². The first-order valence-corrected chi connectivity index (χ1v) is 11.0. The fourth-order valence-electron chi connectivity index (χ4n) is 4.06. The highest BCUT2D eigenvalue weighted by molar-refractivity contribution is 7.89. The number of benzene rings is 2. The summed E-state index contributed by atoms with van der Waals surface area (Å²) in [6.07, 6.45) is 1.63. The molecule has 1 saturated heterocycles. The first kappa shape index (κ1) is 19.0. The molecule has 0 bridgehead atoms. The van der Waals surface area contributed by atoms with E-state index >= 15 is 0 Å². The molecule has 0 saturated carbocycles. The molecule has 28 heavy (non-hydrogen) atoms. The van der Waals surface area contributed by atoms with Crippen molar-refractivity contribution in [3.05, 3.63) is 53.6 Å². The van der Waals surface area contributed by atoms with Crippen LogP contribution < -0.4 is 9.64 Å². The topological polar surface area (TPSA) is 66.9 Å². The summed E-state index contributed by atoms with van der Waals surface area (Å²) < 4.78 is 34.1. The maximum Gasteiger partial charge on any atom is 0.243 e. The van der Waals surface area contributed by atoms with Gasteiger partial charge in [0.15, 0.2) is 0 Å². The predicted octanol–water partition coefficient (Wildman–Crippen LogP) is 3.27. The molecule has 2 aliphatic rings. The lowest BCUT2D eigenvalue weighted by atomic mass is 10.0. The number of aryl methyl sites for hydroxylation is 1. The lowest BCUT2D eigenvalue weighted by molar-refractivity contribution is -0.116. The Labute approximate surface area is 165 Å². The SMILES string of the molecule is CC(=O)N1CCOc2ccc(S(=O)(=O)N3CCC[C@H]3c3cccc(C)c3)cc21. The molecule has 0 aromatic heterocycles. The van der Waals surface area contributed by atoms with E-state index in [0.717, 1.165) is 24.0 Å². The van der Waals surface area contributed by atoms with E-state index in [4.69, 9.17) is 4.74 Å². The number of nitrogens with zero attached hydrogens (tertiary/aromatic N) is 2. The summed E-state index contributed by atoms with van der Waals surface area (Å²) in [6.45, 7) is 4.80. The van der Waals surface area contributed by atoms with Crippen LogP contribution in [0.5, 0.6) is 5.75 Å². The largest absolute Gasteiger partial charge is 0.490 e. The van der Waals surface area contributed by atoms with Crippen molar-refractivity contribution < 1.29 is 17.9 Å². The van der Waals surface area contributed by atoms with Gasteiger partial charge in [-0.3, -0.25) is 4.79 Å². The van der Waals surface area contributed by atoms with Crippen molar-refractivity contribution in [1.82, 2.24) is 4.31 Å². The summed E-state index contributed by atoms with van der Waals surface area (Å²) in [5, 5.41) is 0. The molecule has 2 heterocycles. The molecule has 4 rings (SSSR count). The van der Waals surface area contributed by atoms with Crippen LogP contribution in [0.15, 0.2) is 47.4 Å². The Hall–Kier alpha value is -2.38. The van der Waals surface area contributed by atoms with Crippen LogP contribution in [-0.2, 0) is 14.8 Å². The summed E-state index contributed by atoms with van der Waals surface area (Å²) >= 11 is 0. The Kier molecular flexibility index (Phi) is 4.89. The second-order valence-electron chi connectivity index (χ2n) is 7.34.